The molecule has 0 aliphatic rings. The summed E-state index contributed by atoms with van der Waals surface area (Å²) in [5, 5.41) is 0. The molecule has 0 aromatic heterocycles. The van der Waals surface area contributed by atoms with Crippen molar-refractivity contribution >= 4 is 10.0 Å². The molecular formula is C11H14F3NO2S. The van der Waals surface area contributed by atoms with E-state index in [1.165, 1.54) is 0 Å². The lowest BCUT2D eigenvalue weighted by Gasteiger charge is -2.14. The Morgan fingerprint density at radius 1 is 1.11 bits per heavy atom. The molecule has 0 heterocycles. The Kier molecular flexibility index (Phi) is 4.07. The van der Waals surface area contributed by atoms with Crippen LogP contribution in [0.5, 0.6) is 0 Å². The lowest BCUT2D eigenvalue weighted by Crippen LogP contribution is -2.34. The van der Waals surface area contributed by atoms with Gasteiger partial charge >= 0.3 is 6.18 Å². The predicted octanol–water partition coefficient (Wildman–Crippen LogP) is 2.45. The Balaban J connectivity index is 3.14. The molecule has 102 valence electrons. The van der Waals surface area contributed by atoms with Crippen LogP contribution in [0.3, 0.4) is 0 Å². The first kappa shape index (κ1) is 15.0. The number of rotatable bonds is 3. The highest BCUT2D eigenvalue weighted by molar-refractivity contribution is 7.89. The smallest absolute Gasteiger partial charge is 0.207 e. The fourth-order valence-electron chi connectivity index (χ4n) is 1.84. The van der Waals surface area contributed by atoms with Crippen LogP contribution in [0.2, 0.25) is 0 Å². The van der Waals surface area contributed by atoms with E-state index in [1.54, 1.807) is 37.6 Å². The third-order valence-electron chi connectivity index (χ3n) is 2.34. The number of hydrogen-bond acceptors (Lipinski definition) is 2. The topological polar surface area (TPSA) is 46.2 Å². The summed E-state index contributed by atoms with van der Waals surface area (Å²) in [4.78, 5) is -0.0858. The van der Waals surface area contributed by atoms with Gasteiger partial charge in [0.05, 0.1) is 4.90 Å². The van der Waals surface area contributed by atoms with E-state index in [-0.39, 0.29) is 4.90 Å². The van der Waals surface area contributed by atoms with Gasteiger partial charge in [-0.3, -0.25) is 0 Å². The Morgan fingerprint density at radius 2 is 1.56 bits per heavy atom. The summed E-state index contributed by atoms with van der Waals surface area (Å²) in [6.45, 7) is 3.34. The molecule has 0 fully saturated rings. The molecule has 1 aromatic rings. The van der Waals surface area contributed by atoms with Crippen molar-refractivity contribution < 1.29 is 21.6 Å². The SMILES string of the molecule is Cc1cc(C)c(S(=O)(=O)NCC(F)(F)F)c(C)c1. The fraction of sp³-hybridized carbons (Fsp3) is 0.455. The highest BCUT2D eigenvalue weighted by atomic mass is 32.2. The molecule has 0 aliphatic heterocycles. The molecule has 1 N–H and O–H groups in total. The zero-order valence-corrected chi connectivity index (χ0v) is 11.0. The lowest BCUT2D eigenvalue weighted by atomic mass is 10.1. The summed E-state index contributed by atoms with van der Waals surface area (Å²) in [5.41, 5.74) is 1.73. The Morgan fingerprint density at radius 3 is 1.94 bits per heavy atom. The van der Waals surface area contributed by atoms with Gasteiger partial charge in [-0.25, -0.2) is 13.1 Å². The second-order valence-electron chi connectivity index (χ2n) is 4.17. The normalized spacial score (nSPS) is 12.8. The van der Waals surface area contributed by atoms with Gasteiger partial charge in [0.1, 0.15) is 6.54 Å². The summed E-state index contributed by atoms with van der Waals surface area (Å²) in [6.07, 6.45) is -4.57. The number of nitrogens with one attached hydrogen (secondary N) is 1. The summed E-state index contributed by atoms with van der Waals surface area (Å²) in [7, 11) is -4.14. The summed E-state index contributed by atoms with van der Waals surface area (Å²) >= 11 is 0. The van der Waals surface area contributed by atoms with Crippen LogP contribution in [0, 0.1) is 20.8 Å². The van der Waals surface area contributed by atoms with Gasteiger partial charge < -0.3 is 0 Å². The van der Waals surface area contributed by atoms with E-state index >= 15 is 0 Å². The monoisotopic (exact) mass is 281 g/mol. The number of halogens is 3. The van der Waals surface area contributed by atoms with E-state index in [2.05, 4.69) is 0 Å². The van der Waals surface area contributed by atoms with E-state index in [0.29, 0.717) is 11.1 Å². The third-order valence-corrected chi connectivity index (χ3v) is 4.04. The number of alkyl halides is 3. The van der Waals surface area contributed by atoms with Gasteiger partial charge in [0.15, 0.2) is 0 Å². The molecule has 0 spiro atoms. The molecular weight excluding hydrogens is 267 g/mol. The summed E-state index contributed by atoms with van der Waals surface area (Å²) in [6, 6.07) is 3.24. The van der Waals surface area contributed by atoms with Crippen molar-refractivity contribution in [3.63, 3.8) is 0 Å². The molecule has 1 rings (SSSR count). The van der Waals surface area contributed by atoms with Crippen molar-refractivity contribution in [3.05, 3.63) is 28.8 Å². The molecule has 0 radical (unpaired) electrons. The molecule has 0 aliphatic carbocycles. The number of sulfonamides is 1. The van der Waals surface area contributed by atoms with Crippen LogP contribution in [0.1, 0.15) is 16.7 Å². The molecule has 0 bridgehead atoms. The molecule has 0 unspecified atom stereocenters. The van der Waals surface area contributed by atoms with Gasteiger partial charge in [-0.05, 0) is 31.9 Å². The highest BCUT2D eigenvalue weighted by Gasteiger charge is 2.31. The Hall–Kier alpha value is -1.08. The average Bonchev–Trinajstić information content (AvgIpc) is 2.11. The minimum atomic E-state index is -4.57. The summed E-state index contributed by atoms with van der Waals surface area (Å²) in [5.74, 6) is 0. The first-order valence-electron chi connectivity index (χ1n) is 5.17. The average molecular weight is 281 g/mol. The van der Waals surface area contributed by atoms with Crippen molar-refractivity contribution in [1.82, 2.24) is 4.72 Å². The molecule has 1 aromatic carbocycles. The number of benzene rings is 1. The number of aryl methyl sites for hydroxylation is 3. The van der Waals surface area contributed by atoms with Gasteiger partial charge in [0, 0.05) is 0 Å². The molecule has 0 amide bonds. The van der Waals surface area contributed by atoms with Crippen LogP contribution in [0.4, 0.5) is 13.2 Å². The molecule has 18 heavy (non-hydrogen) atoms. The minimum Gasteiger partial charge on any atom is -0.207 e. The lowest BCUT2D eigenvalue weighted by molar-refractivity contribution is -0.121. The van der Waals surface area contributed by atoms with Crippen LogP contribution in [-0.2, 0) is 10.0 Å². The summed E-state index contributed by atoms with van der Waals surface area (Å²) < 4.78 is 61.3. The maximum atomic E-state index is 12.0. The van der Waals surface area contributed by atoms with Crippen LogP contribution in [0.25, 0.3) is 0 Å². The highest BCUT2D eigenvalue weighted by Crippen LogP contribution is 2.22. The standard InChI is InChI=1S/C11H14F3NO2S/c1-7-4-8(2)10(9(3)5-7)18(16,17)15-6-11(12,13)14/h4-5,15H,6H2,1-3H3. The van der Waals surface area contributed by atoms with Gasteiger partial charge in [-0.1, -0.05) is 17.7 Å². The fourth-order valence-corrected chi connectivity index (χ4v) is 3.30. The van der Waals surface area contributed by atoms with Crippen molar-refractivity contribution in [1.29, 1.82) is 0 Å². The maximum absolute atomic E-state index is 12.0. The number of hydrogen-bond donors (Lipinski definition) is 1. The molecule has 3 nitrogen and oxygen atoms in total. The van der Waals surface area contributed by atoms with Crippen molar-refractivity contribution in [2.24, 2.45) is 0 Å². The van der Waals surface area contributed by atoms with Crippen LogP contribution in [-0.4, -0.2) is 21.1 Å². The molecule has 0 saturated heterocycles. The quantitative estimate of drug-likeness (QED) is 0.925. The predicted molar refractivity (Wildman–Crippen MR) is 61.9 cm³/mol. The van der Waals surface area contributed by atoms with Crippen molar-refractivity contribution in [3.8, 4) is 0 Å². The first-order valence-corrected chi connectivity index (χ1v) is 6.65. The second kappa shape index (κ2) is 4.89. The van der Waals surface area contributed by atoms with E-state index in [1.807, 2.05) is 0 Å². The van der Waals surface area contributed by atoms with Crippen molar-refractivity contribution in [2.75, 3.05) is 6.54 Å². The van der Waals surface area contributed by atoms with Gasteiger partial charge in [0.25, 0.3) is 0 Å². The van der Waals surface area contributed by atoms with Crippen LogP contribution >= 0.6 is 0 Å². The van der Waals surface area contributed by atoms with E-state index in [0.717, 1.165) is 5.56 Å². The van der Waals surface area contributed by atoms with Crippen LogP contribution < -0.4 is 4.72 Å². The molecule has 0 saturated carbocycles. The molecule has 0 atom stereocenters. The zero-order valence-electron chi connectivity index (χ0n) is 10.2. The van der Waals surface area contributed by atoms with Gasteiger partial charge in [-0.2, -0.15) is 13.2 Å². The van der Waals surface area contributed by atoms with E-state index < -0.39 is 22.7 Å². The minimum absolute atomic E-state index is 0.0858. The maximum Gasteiger partial charge on any atom is 0.402 e. The van der Waals surface area contributed by atoms with E-state index in [4.69, 9.17) is 0 Å². The zero-order chi connectivity index (χ0) is 14.1. The van der Waals surface area contributed by atoms with Crippen LogP contribution in [0.15, 0.2) is 17.0 Å². The third kappa shape index (κ3) is 3.71. The Bertz CT molecular complexity index is 527. The largest absolute Gasteiger partial charge is 0.402 e. The van der Waals surface area contributed by atoms with Gasteiger partial charge in [-0.15, -0.1) is 0 Å². The first-order chi connectivity index (χ1) is 8.03. The molecule has 7 heteroatoms. The Labute approximate surface area is 104 Å². The second-order valence-corrected chi connectivity index (χ2v) is 5.87. The van der Waals surface area contributed by atoms with Crippen molar-refractivity contribution in [2.45, 2.75) is 31.8 Å². The van der Waals surface area contributed by atoms with E-state index in [9.17, 15) is 21.6 Å². The van der Waals surface area contributed by atoms with Gasteiger partial charge in [0.2, 0.25) is 10.0 Å².